The normalized spacial score (nSPS) is 12.4. The molecule has 0 aromatic carbocycles. The molecule has 0 fully saturated rings. The smallest absolute Gasteiger partial charge is 0.0643 e. The van der Waals surface area contributed by atoms with Crippen LogP contribution < -0.4 is 0 Å². The summed E-state index contributed by atoms with van der Waals surface area (Å²) < 4.78 is 0. The lowest BCUT2D eigenvalue weighted by Gasteiger charge is -1.88. The van der Waals surface area contributed by atoms with Gasteiger partial charge in [0.05, 0.1) is 11.6 Å². The van der Waals surface area contributed by atoms with Crippen molar-refractivity contribution in [2.75, 3.05) is 5.88 Å². The summed E-state index contributed by atoms with van der Waals surface area (Å²) in [6.45, 7) is 5.38. The van der Waals surface area contributed by atoms with Crippen molar-refractivity contribution in [3.05, 3.63) is 24.4 Å². The Labute approximate surface area is 60.7 Å². The number of hydrogen-bond acceptors (Lipinski definition) is 1. The zero-order valence-corrected chi connectivity index (χ0v) is 6.23. The molecule has 0 unspecified atom stereocenters. The van der Waals surface area contributed by atoms with Crippen molar-refractivity contribution in [2.45, 2.75) is 6.92 Å². The first-order valence-corrected chi connectivity index (χ1v) is 3.24. The zero-order valence-electron chi connectivity index (χ0n) is 5.47. The lowest BCUT2D eigenvalue weighted by molar-refractivity contribution is 1.30. The van der Waals surface area contributed by atoms with Crippen LogP contribution in [-0.4, -0.2) is 12.1 Å². The Morgan fingerprint density at radius 2 is 2.44 bits per heavy atom. The molecule has 0 aromatic rings. The van der Waals surface area contributed by atoms with Gasteiger partial charge in [0.15, 0.2) is 0 Å². The third kappa shape index (κ3) is 3.98. The summed E-state index contributed by atoms with van der Waals surface area (Å²) in [7, 11) is 0. The molecule has 0 spiro atoms. The van der Waals surface area contributed by atoms with Gasteiger partial charge in [-0.25, -0.2) is 0 Å². The third-order valence-corrected chi connectivity index (χ3v) is 1.09. The first-order valence-electron chi connectivity index (χ1n) is 2.71. The summed E-state index contributed by atoms with van der Waals surface area (Å²) in [5.74, 6) is 0.459. The topological polar surface area (TPSA) is 12.4 Å². The highest BCUT2D eigenvalue weighted by Gasteiger charge is 1.83. The maximum absolute atomic E-state index is 5.49. The molecular weight excluding hydrogens is 134 g/mol. The van der Waals surface area contributed by atoms with Crippen molar-refractivity contribution in [3.8, 4) is 0 Å². The third-order valence-electron chi connectivity index (χ3n) is 0.816. The Bertz CT molecular complexity index is 136. The van der Waals surface area contributed by atoms with Crippen LogP contribution >= 0.6 is 11.6 Å². The number of allylic oxidation sites excluding steroid dienone is 3. The Morgan fingerprint density at radius 3 is 2.78 bits per heavy atom. The molecule has 0 aromatic heterocycles. The number of hydrogen-bond donors (Lipinski definition) is 0. The molecule has 0 aliphatic heterocycles. The fourth-order valence-corrected chi connectivity index (χ4v) is 0.558. The van der Waals surface area contributed by atoms with Crippen LogP contribution in [-0.2, 0) is 0 Å². The second kappa shape index (κ2) is 5.57. The Kier molecular flexibility index (Phi) is 5.23. The van der Waals surface area contributed by atoms with Crippen molar-refractivity contribution >= 4 is 17.8 Å². The van der Waals surface area contributed by atoms with E-state index in [-0.39, 0.29) is 0 Å². The van der Waals surface area contributed by atoms with E-state index in [9.17, 15) is 0 Å². The monoisotopic (exact) mass is 143 g/mol. The molecule has 0 atom stereocenters. The van der Waals surface area contributed by atoms with Gasteiger partial charge in [-0.1, -0.05) is 18.7 Å². The lowest BCUT2D eigenvalue weighted by Crippen LogP contribution is -1.77. The average Bonchev–Trinajstić information content (AvgIpc) is 1.91. The van der Waals surface area contributed by atoms with Gasteiger partial charge in [0.2, 0.25) is 0 Å². The number of nitrogens with zero attached hydrogens (tertiary/aromatic N) is 1. The van der Waals surface area contributed by atoms with E-state index in [1.165, 1.54) is 0 Å². The fraction of sp³-hybridized carbons (Fsp3) is 0.286. The van der Waals surface area contributed by atoms with Gasteiger partial charge in [-0.3, -0.25) is 4.99 Å². The van der Waals surface area contributed by atoms with Crippen molar-refractivity contribution < 1.29 is 0 Å². The van der Waals surface area contributed by atoms with Gasteiger partial charge in [0.1, 0.15) is 0 Å². The molecule has 50 valence electrons. The van der Waals surface area contributed by atoms with Crippen LogP contribution in [0, 0.1) is 0 Å². The maximum atomic E-state index is 5.49. The Balaban J connectivity index is 3.84. The fourth-order valence-electron chi connectivity index (χ4n) is 0.335. The molecule has 0 aliphatic carbocycles. The van der Waals surface area contributed by atoms with Gasteiger partial charge in [0.25, 0.3) is 0 Å². The standard InChI is InChI=1S/C7H10ClN/c1-3-5-9-7(4-2)6-8/h3-5H,1,6H2,2H3. The summed E-state index contributed by atoms with van der Waals surface area (Å²) in [6, 6.07) is 0. The molecule has 0 saturated carbocycles. The molecule has 9 heavy (non-hydrogen) atoms. The molecule has 0 radical (unpaired) electrons. The van der Waals surface area contributed by atoms with E-state index >= 15 is 0 Å². The first-order chi connectivity index (χ1) is 4.35. The zero-order chi connectivity index (χ0) is 7.11. The summed E-state index contributed by atoms with van der Waals surface area (Å²) in [5, 5.41) is 0. The highest BCUT2D eigenvalue weighted by molar-refractivity contribution is 6.19. The molecule has 0 bridgehead atoms. The molecule has 0 amide bonds. The van der Waals surface area contributed by atoms with Crippen LogP contribution in [0.15, 0.2) is 29.4 Å². The van der Waals surface area contributed by atoms with Crippen molar-refractivity contribution in [1.29, 1.82) is 0 Å². The molecule has 1 nitrogen and oxygen atoms in total. The number of halogens is 1. The second-order valence-corrected chi connectivity index (χ2v) is 1.69. The molecule has 0 aliphatic rings. The van der Waals surface area contributed by atoms with Crippen LogP contribution in [0.5, 0.6) is 0 Å². The van der Waals surface area contributed by atoms with Crippen LogP contribution in [0.4, 0.5) is 0 Å². The summed E-state index contributed by atoms with van der Waals surface area (Å²) in [4.78, 5) is 3.97. The van der Waals surface area contributed by atoms with Gasteiger partial charge in [-0.2, -0.15) is 0 Å². The second-order valence-electron chi connectivity index (χ2n) is 1.43. The van der Waals surface area contributed by atoms with E-state index in [0.717, 1.165) is 5.70 Å². The van der Waals surface area contributed by atoms with Crippen LogP contribution in [0.2, 0.25) is 0 Å². The van der Waals surface area contributed by atoms with E-state index in [2.05, 4.69) is 11.6 Å². The molecule has 0 saturated heterocycles. The van der Waals surface area contributed by atoms with Crippen LogP contribution in [0.1, 0.15) is 6.92 Å². The van der Waals surface area contributed by atoms with Crippen molar-refractivity contribution in [2.24, 2.45) is 4.99 Å². The quantitative estimate of drug-likeness (QED) is 0.425. The van der Waals surface area contributed by atoms with Gasteiger partial charge in [-0.05, 0) is 6.92 Å². The minimum absolute atomic E-state index is 0.459. The highest BCUT2D eigenvalue weighted by Crippen LogP contribution is 1.97. The lowest BCUT2D eigenvalue weighted by atomic mass is 10.5. The average molecular weight is 144 g/mol. The van der Waals surface area contributed by atoms with Gasteiger partial charge < -0.3 is 0 Å². The minimum atomic E-state index is 0.459. The number of aliphatic imine (C=N–C) groups is 1. The van der Waals surface area contributed by atoms with Gasteiger partial charge >= 0.3 is 0 Å². The SMILES string of the molecule is C=CC=NC(=CC)CCl. The van der Waals surface area contributed by atoms with Gasteiger partial charge in [-0.15, -0.1) is 11.6 Å². The Hall–Kier alpha value is -0.560. The number of alkyl halides is 1. The molecule has 0 heterocycles. The van der Waals surface area contributed by atoms with Gasteiger partial charge in [0, 0.05) is 6.21 Å². The molecule has 0 N–H and O–H groups in total. The predicted molar refractivity (Wildman–Crippen MR) is 43.2 cm³/mol. The first kappa shape index (κ1) is 8.44. The molecule has 0 rings (SSSR count). The summed E-state index contributed by atoms with van der Waals surface area (Å²) in [5.41, 5.74) is 0.872. The largest absolute Gasteiger partial charge is 0.260 e. The van der Waals surface area contributed by atoms with E-state index in [1.807, 2.05) is 13.0 Å². The highest BCUT2D eigenvalue weighted by atomic mass is 35.5. The van der Waals surface area contributed by atoms with E-state index in [4.69, 9.17) is 11.6 Å². The Morgan fingerprint density at radius 1 is 1.78 bits per heavy atom. The molecule has 2 heteroatoms. The minimum Gasteiger partial charge on any atom is -0.260 e. The van der Waals surface area contributed by atoms with Crippen LogP contribution in [0.25, 0.3) is 0 Å². The number of rotatable bonds is 3. The van der Waals surface area contributed by atoms with Crippen molar-refractivity contribution in [1.82, 2.24) is 0 Å². The maximum Gasteiger partial charge on any atom is 0.0643 e. The predicted octanol–water partition coefficient (Wildman–Crippen LogP) is 2.39. The van der Waals surface area contributed by atoms with E-state index in [1.54, 1.807) is 12.3 Å². The van der Waals surface area contributed by atoms with Crippen molar-refractivity contribution in [3.63, 3.8) is 0 Å². The summed E-state index contributed by atoms with van der Waals surface area (Å²) in [6.07, 6.45) is 5.11. The van der Waals surface area contributed by atoms with Crippen LogP contribution in [0.3, 0.4) is 0 Å². The van der Waals surface area contributed by atoms with E-state index in [0.29, 0.717) is 5.88 Å². The molecular formula is C7H10ClN. The summed E-state index contributed by atoms with van der Waals surface area (Å²) >= 11 is 5.49. The van der Waals surface area contributed by atoms with E-state index < -0.39 is 0 Å².